The summed E-state index contributed by atoms with van der Waals surface area (Å²) in [5.74, 6) is -0.909. The number of ether oxygens (including phenoxy) is 2. The predicted molar refractivity (Wildman–Crippen MR) is 104 cm³/mol. The van der Waals surface area contributed by atoms with Gasteiger partial charge in [0.05, 0.1) is 20.2 Å². The lowest BCUT2D eigenvalue weighted by Gasteiger charge is -2.33. The number of carbonyl (C=O) groups is 2. The van der Waals surface area contributed by atoms with Gasteiger partial charge in [-0.15, -0.1) is 0 Å². The normalized spacial score (nSPS) is 26.4. The van der Waals surface area contributed by atoms with Gasteiger partial charge in [-0.3, -0.25) is 0 Å². The Morgan fingerprint density at radius 3 is 2.45 bits per heavy atom. The Kier molecular flexibility index (Phi) is 8.26. The van der Waals surface area contributed by atoms with E-state index < -0.39 is 11.6 Å². The summed E-state index contributed by atoms with van der Waals surface area (Å²) < 4.78 is 11.4. The van der Waals surface area contributed by atoms with E-state index in [0.717, 1.165) is 32.2 Å². The number of carbonyl (C=O) groups excluding carboxylic acids is 2. The maximum atomic E-state index is 13.2. The van der Waals surface area contributed by atoms with Crippen LogP contribution in [0.4, 0.5) is 0 Å². The number of aliphatic hydroxyl groups is 1. The number of rotatable bonds is 7. The molecule has 2 aliphatic rings. The number of likely N-dealkylation sites (N-methyl/N-ethyl adjacent to an activating group) is 1. The zero-order valence-corrected chi connectivity index (χ0v) is 18.9. The van der Waals surface area contributed by atoms with Crippen molar-refractivity contribution in [3.8, 4) is 0 Å². The summed E-state index contributed by atoms with van der Waals surface area (Å²) in [5.41, 5.74) is -1.00. The van der Waals surface area contributed by atoms with Crippen LogP contribution in [0, 0.1) is 5.92 Å². The van der Waals surface area contributed by atoms with E-state index in [4.69, 9.17) is 9.47 Å². The van der Waals surface area contributed by atoms with Crippen molar-refractivity contribution in [1.82, 2.24) is 0 Å². The van der Waals surface area contributed by atoms with E-state index in [1.54, 1.807) is 19.1 Å². The number of benzene rings is 1. The monoisotopic (exact) mass is 469 g/mol. The second kappa shape index (κ2) is 10.0. The summed E-state index contributed by atoms with van der Waals surface area (Å²) in [4.78, 5) is 25.0. The van der Waals surface area contributed by atoms with Crippen LogP contribution in [0.15, 0.2) is 30.3 Å². The van der Waals surface area contributed by atoms with Crippen LogP contribution in [0.25, 0.3) is 0 Å². The summed E-state index contributed by atoms with van der Waals surface area (Å²) in [6.45, 7) is 3.72. The Labute approximate surface area is 183 Å². The lowest BCUT2D eigenvalue weighted by Crippen LogP contribution is -3.00. The highest BCUT2D eigenvalue weighted by Gasteiger charge is 2.50. The van der Waals surface area contributed by atoms with Gasteiger partial charge in [0.15, 0.2) is 18.2 Å². The number of hydrogen-bond donors (Lipinski definition) is 1. The van der Waals surface area contributed by atoms with E-state index in [1.165, 1.54) is 0 Å². The molecule has 1 aromatic rings. The number of nitrogens with zero attached hydrogens (tertiary/aromatic N) is 1. The van der Waals surface area contributed by atoms with Gasteiger partial charge in [-0.2, -0.15) is 0 Å². The van der Waals surface area contributed by atoms with Crippen LogP contribution in [0.5, 0.6) is 0 Å². The molecule has 2 fully saturated rings. The van der Waals surface area contributed by atoms with E-state index >= 15 is 0 Å². The molecule has 0 spiro atoms. The summed E-state index contributed by atoms with van der Waals surface area (Å²) in [7, 11) is 1.98. The summed E-state index contributed by atoms with van der Waals surface area (Å²) in [6, 6.07) is 9.15. The molecule has 1 aliphatic carbocycles. The van der Waals surface area contributed by atoms with Gasteiger partial charge in [-0.05, 0) is 25.3 Å². The van der Waals surface area contributed by atoms with Crippen molar-refractivity contribution in [1.29, 1.82) is 0 Å². The van der Waals surface area contributed by atoms with Crippen LogP contribution < -0.4 is 17.0 Å². The van der Waals surface area contributed by atoms with Gasteiger partial charge in [-0.25, -0.2) is 9.59 Å². The number of halogens is 1. The van der Waals surface area contributed by atoms with Crippen LogP contribution in [-0.4, -0.2) is 60.9 Å². The molecule has 6 nitrogen and oxygen atoms in total. The van der Waals surface area contributed by atoms with Gasteiger partial charge in [0.2, 0.25) is 0 Å². The van der Waals surface area contributed by atoms with Gasteiger partial charge in [0.1, 0.15) is 6.54 Å². The molecular weight excluding hydrogens is 438 g/mol. The molecule has 1 heterocycles. The van der Waals surface area contributed by atoms with E-state index in [1.807, 2.05) is 25.2 Å². The predicted octanol–water partition coefficient (Wildman–Crippen LogP) is -0.606. The second-order valence-electron chi connectivity index (χ2n) is 8.42. The van der Waals surface area contributed by atoms with Gasteiger partial charge in [0.25, 0.3) is 0 Å². The minimum Gasteiger partial charge on any atom is -1.00 e. The lowest BCUT2D eigenvalue weighted by molar-refractivity contribution is -0.891. The fourth-order valence-electron chi connectivity index (χ4n) is 4.69. The standard InChI is InChI=1S/C22H32NO5.BrH/c1-3-27-20(24)16-23(2)14-13-19(15-23)28-21(25)22(26,18-11-7-8-12-18)17-9-5-4-6-10-17;/h4-6,9-10,18-19,26H,3,7-8,11-16H2,1-2H3;1H/q+1;/p-1/t19-,22-,23+;/m0./s1. The smallest absolute Gasteiger partial charge is 0.361 e. The van der Waals surface area contributed by atoms with Crippen molar-refractivity contribution in [3.63, 3.8) is 0 Å². The molecular formula is C22H32BrNO5. The van der Waals surface area contributed by atoms with E-state index in [-0.39, 0.29) is 41.5 Å². The molecule has 0 radical (unpaired) electrons. The van der Waals surface area contributed by atoms with Crippen molar-refractivity contribution in [3.05, 3.63) is 35.9 Å². The fraction of sp³-hybridized carbons (Fsp3) is 0.636. The minimum atomic E-state index is -1.61. The highest BCUT2D eigenvalue weighted by atomic mass is 79.9. The molecule has 0 unspecified atom stereocenters. The van der Waals surface area contributed by atoms with E-state index in [9.17, 15) is 14.7 Å². The molecule has 3 rings (SSSR count). The van der Waals surface area contributed by atoms with Crippen molar-refractivity contribution >= 4 is 11.9 Å². The largest absolute Gasteiger partial charge is 1.00 e. The first-order chi connectivity index (χ1) is 13.4. The average Bonchev–Trinajstić information content (AvgIpc) is 3.32. The topological polar surface area (TPSA) is 72.8 Å². The Hall–Kier alpha value is -1.44. The Balaban J connectivity index is 0.00000300. The second-order valence-corrected chi connectivity index (χ2v) is 8.42. The molecule has 3 atom stereocenters. The van der Waals surface area contributed by atoms with Gasteiger partial charge in [0, 0.05) is 12.3 Å². The van der Waals surface area contributed by atoms with Crippen molar-refractivity contribution < 1.29 is 45.6 Å². The zero-order chi connectivity index (χ0) is 20.2. The van der Waals surface area contributed by atoms with Gasteiger partial charge >= 0.3 is 11.9 Å². The molecule has 29 heavy (non-hydrogen) atoms. The molecule has 1 aromatic carbocycles. The highest BCUT2D eigenvalue weighted by molar-refractivity contribution is 5.81. The minimum absolute atomic E-state index is 0. The van der Waals surface area contributed by atoms with E-state index in [0.29, 0.717) is 29.6 Å². The number of quaternary nitrogens is 1. The fourth-order valence-corrected chi connectivity index (χ4v) is 4.69. The molecule has 1 N–H and O–H groups in total. The Bertz CT molecular complexity index is 694. The average molecular weight is 470 g/mol. The Morgan fingerprint density at radius 1 is 1.17 bits per heavy atom. The van der Waals surface area contributed by atoms with Gasteiger partial charge < -0.3 is 36.0 Å². The quantitative estimate of drug-likeness (QED) is 0.426. The van der Waals surface area contributed by atoms with E-state index in [2.05, 4.69) is 0 Å². The highest BCUT2D eigenvalue weighted by Crippen LogP contribution is 2.42. The van der Waals surface area contributed by atoms with Crippen LogP contribution in [0.2, 0.25) is 0 Å². The third kappa shape index (κ3) is 5.38. The number of esters is 2. The molecule has 1 saturated carbocycles. The van der Waals surface area contributed by atoms with Crippen LogP contribution in [0.3, 0.4) is 0 Å². The van der Waals surface area contributed by atoms with Crippen LogP contribution >= 0.6 is 0 Å². The first-order valence-electron chi connectivity index (χ1n) is 10.4. The molecule has 0 aromatic heterocycles. The maximum Gasteiger partial charge on any atom is 0.361 e. The molecule has 1 aliphatic heterocycles. The zero-order valence-electron chi connectivity index (χ0n) is 17.3. The molecule has 7 heteroatoms. The first kappa shape index (κ1) is 23.8. The third-order valence-corrected chi connectivity index (χ3v) is 6.20. The van der Waals surface area contributed by atoms with Crippen LogP contribution in [0.1, 0.15) is 44.6 Å². The van der Waals surface area contributed by atoms with Gasteiger partial charge in [-0.1, -0.05) is 43.2 Å². The lowest BCUT2D eigenvalue weighted by atomic mass is 9.80. The molecule has 0 amide bonds. The van der Waals surface area contributed by atoms with Crippen LogP contribution in [-0.2, 0) is 24.7 Å². The number of hydrogen-bond acceptors (Lipinski definition) is 5. The number of likely N-dealkylation sites (tertiary alicyclic amines) is 1. The van der Waals surface area contributed by atoms with Crippen molar-refractivity contribution in [2.45, 2.75) is 50.7 Å². The maximum absolute atomic E-state index is 13.2. The van der Waals surface area contributed by atoms with Crippen molar-refractivity contribution in [2.24, 2.45) is 5.92 Å². The SMILES string of the molecule is CCOC(=O)C[N@+]1(C)CC[C@H](OC(=O)[C@](O)(c2ccccc2)C2CCCC2)C1.[Br-]. The molecule has 1 saturated heterocycles. The van der Waals surface area contributed by atoms with Crippen molar-refractivity contribution in [2.75, 3.05) is 33.3 Å². The summed E-state index contributed by atoms with van der Waals surface area (Å²) in [5, 5.41) is 11.5. The Morgan fingerprint density at radius 2 is 1.83 bits per heavy atom. The summed E-state index contributed by atoms with van der Waals surface area (Å²) in [6.07, 6.45) is 4.06. The first-order valence-corrected chi connectivity index (χ1v) is 10.4. The molecule has 162 valence electrons. The third-order valence-electron chi connectivity index (χ3n) is 6.20. The summed E-state index contributed by atoms with van der Waals surface area (Å²) >= 11 is 0. The molecule has 0 bridgehead atoms.